The molecule has 0 fully saturated rings. The minimum absolute atomic E-state index is 0. The van der Waals surface area contributed by atoms with Crippen molar-refractivity contribution in [1.82, 2.24) is 0 Å². The normalized spacial score (nSPS) is 6.80. The van der Waals surface area contributed by atoms with Crippen LogP contribution >= 0.6 is 0 Å². The van der Waals surface area contributed by atoms with Gasteiger partial charge in [-0.2, -0.15) is 0 Å². The maximum absolute atomic E-state index is 8.59. The molecule has 0 spiro atoms. The first-order valence-electron chi connectivity index (χ1n) is 0.565. The van der Waals surface area contributed by atoms with Crippen LogP contribution in [-0.2, 0) is 11.0 Å². The molecule has 0 saturated carbocycles. The molecule has 0 aromatic rings. The SMILES string of the molecule is O=[SH](=O)O.[CaH2]. The molecule has 0 radical (unpaired) electrons. The summed E-state index contributed by atoms with van der Waals surface area (Å²) in [5, 5.41) is 0. The van der Waals surface area contributed by atoms with Crippen molar-refractivity contribution >= 4 is 48.7 Å². The average Bonchev–Trinajstić information content (AvgIpc) is 0.811. The van der Waals surface area contributed by atoms with Gasteiger partial charge in [-0.1, -0.05) is 0 Å². The second-order valence-corrected chi connectivity index (χ2v) is 0.714. The van der Waals surface area contributed by atoms with Crippen molar-refractivity contribution < 1.29 is 13.0 Å². The van der Waals surface area contributed by atoms with Crippen LogP contribution in [0.3, 0.4) is 0 Å². The van der Waals surface area contributed by atoms with Crippen LogP contribution in [-0.4, -0.2) is 50.7 Å². The molecule has 0 rings (SSSR count). The van der Waals surface area contributed by atoms with Gasteiger partial charge in [0.05, 0.1) is 0 Å². The van der Waals surface area contributed by atoms with Crippen LogP contribution < -0.4 is 0 Å². The zero-order valence-electron chi connectivity index (χ0n) is 1.71. The van der Waals surface area contributed by atoms with Crippen molar-refractivity contribution in [3.8, 4) is 0 Å². The Hall–Kier alpha value is 1.17. The molecule has 0 saturated heterocycles. The Morgan fingerprint density at radius 2 is 1.40 bits per heavy atom. The third-order valence-corrected chi connectivity index (χ3v) is 0. The monoisotopic (exact) mass is 124 g/mol. The van der Waals surface area contributed by atoms with Gasteiger partial charge in [-0.15, -0.1) is 0 Å². The molecule has 0 unspecified atom stereocenters. The van der Waals surface area contributed by atoms with Crippen LogP contribution in [0.5, 0.6) is 0 Å². The summed E-state index contributed by atoms with van der Waals surface area (Å²) in [5.41, 5.74) is 0. The maximum atomic E-state index is 8.59. The third-order valence-electron chi connectivity index (χ3n) is 0. The Morgan fingerprint density at radius 3 is 1.40 bits per heavy atom. The number of hydrogen-bond donors (Lipinski definition) is 2. The predicted octanol–water partition coefficient (Wildman–Crippen LogP) is -1.85. The minimum atomic E-state index is -3.12. The fourth-order valence-electron chi connectivity index (χ4n) is 0. The summed E-state index contributed by atoms with van der Waals surface area (Å²) in [6.45, 7) is 0. The molecule has 0 bridgehead atoms. The van der Waals surface area contributed by atoms with E-state index in [2.05, 4.69) is 0 Å². The molecular formula is H4CaO3S. The van der Waals surface area contributed by atoms with E-state index in [0.29, 0.717) is 0 Å². The van der Waals surface area contributed by atoms with Gasteiger partial charge < -0.3 is 0 Å². The second-order valence-electron chi connectivity index (χ2n) is 0.238. The van der Waals surface area contributed by atoms with E-state index in [1.807, 2.05) is 0 Å². The summed E-state index contributed by atoms with van der Waals surface area (Å²) < 4.78 is 24.2. The van der Waals surface area contributed by atoms with E-state index in [-0.39, 0.29) is 37.7 Å². The van der Waals surface area contributed by atoms with Crippen LogP contribution in [0.25, 0.3) is 0 Å². The number of thiol groups is 1. The summed E-state index contributed by atoms with van der Waals surface area (Å²) in [6, 6.07) is 0. The molecule has 0 aliphatic carbocycles. The number of hydrogen-bond acceptors (Lipinski definition) is 2. The molecule has 0 heterocycles. The summed E-state index contributed by atoms with van der Waals surface area (Å²) in [6.07, 6.45) is 0. The van der Waals surface area contributed by atoms with Crippen molar-refractivity contribution in [2.45, 2.75) is 0 Å². The molecule has 1 N–H and O–H groups in total. The second kappa shape index (κ2) is 5.17. The summed E-state index contributed by atoms with van der Waals surface area (Å²) in [4.78, 5) is 0. The molecule has 30 valence electrons. The molecule has 0 aliphatic heterocycles. The van der Waals surface area contributed by atoms with E-state index in [0.717, 1.165) is 0 Å². The molecule has 3 nitrogen and oxygen atoms in total. The van der Waals surface area contributed by atoms with Gasteiger partial charge >= 0.3 is 37.7 Å². The van der Waals surface area contributed by atoms with Gasteiger partial charge in [0.1, 0.15) is 0 Å². The zero-order valence-corrected chi connectivity index (χ0v) is 2.61. The molecular weight excluding hydrogens is 120 g/mol. The van der Waals surface area contributed by atoms with Gasteiger partial charge in [0.25, 0.3) is 11.0 Å². The average molecular weight is 124 g/mol. The van der Waals surface area contributed by atoms with Crippen molar-refractivity contribution in [1.29, 1.82) is 0 Å². The van der Waals surface area contributed by atoms with Crippen LogP contribution in [0.4, 0.5) is 0 Å². The van der Waals surface area contributed by atoms with Crippen LogP contribution in [0, 0.1) is 0 Å². The predicted molar refractivity (Wildman–Crippen MR) is 21.5 cm³/mol. The number of rotatable bonds is 0. The van der Waals surface area contributed by atoms with E-state index in [9.17, 15) is 0 Å². The van der Waals surface area contributed by atoms with Gasteiger partial charge in [0.15, 0.2) is 0 Å². The first-order chi connectivity index (χ1) is 1.73. The van der Waals surface area contributed by atoms with Crippen LogP contribution in [0.2, 0.25) is 0 Å². The molecule has 5 heavy (non-hydrogen) atoms. The molecule has 0 aliphatic rings. The van der Waals surface area contributed by atoms with Gasteiger partial charge in [0, 0.05) is 0 Å². The van der Waals surface area contributed by atoms with Gasteiger partial charge in [-0.3, -0.25) is 4.55 Å². The first-order valence-corrected chi connectivity index (χ1v) is 1.70. The fourth-order valence-corrected chi connectivity index (χ4v) is 0. The van der Waals surface area contributed by atoms with Gasteiger partial charge in [-0.05, 0) is 0 Å². The molecule has 0 atom stereocenters. The van der Waals surface area contributed by atoms with E-state index in [4.69, 9.17) is 13.0 Å². The Morgan fingerprint density at radius 1 is 1.40 bits per heavy atom. The van der Waals surface area contributed by atoms with E-state index in [1.165, 1.54) is 0 Å². The quantitative estimate of drug-likeness (QED) is 0.226. The third kappa shape index (κ3) is 38.0. The Bertz CT molecular complexity index is 55.3. The zero-order chi connectivity index (χ0) is 3.58. The topological polar surface area (TPSA) is 54.4 Å². The van der Waals surface area contributed by atoms with E-state index >= 15 is 0 Å². The Kier molecular flexibility index (Phi) is 9.81. The fraction of sp³-hybridized carbons (Fsp3) is 0. The summed E-state index contributed by atoms with van der Waals surface area (Å²) in [5.74, 6) is 0. The summed E-state index contributed by atoms with van der Waals surface area (Å²) in [7, 11) is -3.12. The standard InChI is InChI=1S/Ca.H2O3S.2H/c;1-4(2)3;;/h;4H,(H,1,2,3);;. The molecule has 0 aromatic carbocycles. The summed E-state index contributed by atoms with van der Waals surface area (Å²) >= 11 is 0. The Balaban J connectivity index is 0. The van der Waals surface area contributed by atoms with E-state index < -0.39 is 11.0 Å². The van der Waals surface area contributed by atoms with Crippen molar-refractivity contribution in [2.75, 3.05) is 0 Å². The molecule has 0 aromatic heterocycles. The molecule has 0 amide bonds. The molecule has 5 heteroatoms. The van der Waals surface area contributed by atoms with E-state index in [1.54, 1.807) is 0 Å². The van der Waals surface area contributed by atoms with Gasteiger partial charge in [-0.25, -0.2) is 8.42 Å². The van der Waals surface area contributed by atoms with Crippen LogP contribution in [0.15, 0.2) is 0 Å². The van der Waals surface area contributed by atoms with Gasteiger partial charge in [0.2, 0.25) is 0 Å². The van der Waals surface area contributed by atoms with Crippen molar-refractivity contribution in [3.63, 3.8) is 0 Å². The van der Waals surface area contributed by atoms with Crippen molar-refractivity contribution in [2.24, 2.45) is 0 Å². The van der Waals surface area contributed by atoms with Crippen LogP contribution in [0.1, 0.15) is 0 Å². The van der Waals surface area contributed by atoms with Crippen molar-refractivity contribution in [3.05, 3.63) is 0 Å². The first kappa shape index (κ1) is 9.48. The Labute approximate surface area is 61.2 Å².